The van der Waals surface area contributed by atoms with E-state index in [9.17, 15) is 0 Å². The van der Waals surface area contributed by atoms with E-state index in [-0.39, 0.29) is 11.5 Å². The Balaban J connectivity index is 1.88. The highest BCUT2D eigenvalue weighted by molar-refractivity contribution is 6.21. The first-order valence-corrected chi connectivity index (χ1v) is 5.52. The first-order chi connectivity index (χ1) is 7.36. The third-order valence-corrected chi connectivity index (χ3v) is 2.86. The van der Waals surface area contributed by atoms with E-state index in [0.29, 0.717) is 19.8 Å². The second-order valence-corrected chi connectivity index (χ2v) is 4.12. The van der Waals surface area contributed by atoms with Crippen molar-refractivity contribution in [1.29, 1.82) is 0 Å². The molecule has 1 fully saturated rings. The second kappa shape index (κ2) is 5.45. The summed E-state index contributed by atoms with van der Waals surface area (Å²) in [7, 11) is 0. The molecule has 1 aromatic heterocycles. The van der Waals surface area contributed by atoms with Crippen LogP contribution in [0.25, 0.3) is 0 Å². The average Bonchev–Trinajstić information content (AvgIpc) is 2.31. The van der Waals surface area contributed by atoms with Gasteiger partial charge in [-0.25, -0.2) is 0 Å². The van der Waals surface area contributed by atoms with Crippen molar-refractivity contribution in [2.45, 2.75) is 17.9 Å². The molecule has 0 amide bonds. The number of hydrogen-bond acceptors (Lipinski definition) is 3. The Morgan fingerprint density at radius 3 is 2.87 bits per heavy atom. The lowest BCUT2D eigenvalue weighted by Gasteiger charge is -2.26. The predicted octanol–water partition coefficient (Wildman–Crippen LogP) is 1.65. The van der Waals surface area contributed by atoms with E-state index in [0.717, 1.165) is 6.42 Å². The van der Waals surface area contributed by atoms with Gasteiger partial charge in [0.25, 0.3) is 0 Å². The fraction of sp³-hybridized carbons (Fsp3) is 0.545. The molecule has 2 rings (SSSR count). The van der Waals surface area contributed by atoms with E-state index in [1.54, 1.807) is 12.4 Å². The van der Waals surface area contributed by atoms with E-state index >= 15 is 0 Å². The summed E-state index contributed by atoms with van der Waals surface area (Å²) in [6.45, 7) is 1.92. The predicted molar refractivity (Wildman–Crippen MR) is 58.1 cm³/mol. The maximum atomic E-state index is 6.27. The lowest BCUT2D eigenvalue weighted by atomic mass is 10.1. The molecule has 1 aliphatic rings. The molecule has 0 radical (unpaired) electrons. The van der Waals surface area contributed by atoms with Gasteiger partial charge < -0.3 is 9.47 Å². The smallest absolute Gasteiger partial charge is 0.0975 e. The fourth-order valence-electron chi connectivity index (χ4n) is 1.59. The Labute approximate surface area is 94.4 Å². The molecule has 1 aromatic rings. The third-order valence-electron chi connectivity index (χ3n) is 2.43. The van der Waals surface area contributed by atoms with Crippen LogP contribution in [0.2, 0.25) is 0 Å². The molecule has 3 nitrogen and oxygen atoms in total. The van der Waals surface area contributed by atoms with Crippen molar-refractivity contribution in [3.63, 3.8) is 0 Å². The zero-order valence-electron chi connectivity index (χ0n) is 8.43. The summed E-state index contributed by atoms with van der Waals surface area (Å²) in [5.41, 5.74) is 1.18. The van der Waals surface area contributed by atoms with Gasteiger partial charge in [-0.1, -0.05) is 0 Å². The van der Waals surface area contributed by atoms with E-state index in [4.69, 9.17) is 21.1 Å². The standard InChI is InChI=1S/C11H14ClNO2/c12-10(11-8-14-5-6-15-11)7-9-1-3-13-4-2-9/h1-4,10-11H,5-8H2. The minimum absolute atomic E-state index is 0.00795. The van der Waals surface area contributed by atoms with Gasteiger partial charge in [0.15, 0.2) is 0 Å². The Kier molecular flexibility index (Phi) is 3.94. The van der Waals surface area contributed by atoms with Crippen molar-refractivity contribution in [3.05, 3.63) is 30.1 Å². The maximum Gasteiger partial charge on any atom is 0.0975 e. The van der Waals surface area contributed by atoms with Gasteiger partial charge in [0.1, 0.15) is 0 Å². The summed E-state index contributed by atoms with van der Waals surface area (Å²) in [5.74, 6) is 0. The zero-order valence-corrected chi connectivity index (χ0v) is 9.19. The molecule has 4 heteroatoms. The summed E-state index contributed by atoms with van der Waals surface area (Å²) >= 11 is 6.27. The molecule has 0 N–H and O–H groups in total. The van der Waals surface area contributed by atoms with E-state index in [1.807, 2.05) is 12.1 Å². The molecule has 15 heavy (non-hydrogen) atoms. The lowest BCUT2D eigenvalue weighted by molar-refractivity contribution is -0.0886. The van der Waals surface area contributed by atoms with Crippen molar-refractivity contribution in [1.82, 2.24) is 4.98 Å². The number of hydrogen-bond donors (Lipinski definition) is 0. The molecule has 2 atom stereocenters. The van der Waals surface area contributed by atoms with Crippen LogP contribution >= 0.6 is 11.6 Å². The van der Waals surface area contributed by atoms with Gasteiger partial charge in [-0.15, -0.1) is 11.6 Å². The number of ether oxygens (including phenoxy) is 2. The number of aromatic nitrogens is 1. The number of rotatable bonds is 3. The fourth-order valence-corrected chi connectivity index (χ4v) is 1.91. The summed E-state index contributed by atoms with van der Waals surface area (Å²) in [5, 5.41) is -0.0345. The molecule has 2 heterocycles. The summed E-state index contributed by atoms with van der Waals surface area (Å²) in [4.78, 5) is 3.97. The van der Waals surface area contributed by atoms with Crippen LogP contribution in [0.3, 0.4) is 0 Å². The molecule has 2 unspecified atom stereocenters. The molecule has 1 aliphatic heterocycles. The van der Waals surface area contributed by atoms with E-state index in [2.05, 4.69) is 4.98 Å². The Hall–Kier alpha value is -0.640. The highest BCUT2D eigenvalue weighted by Crippen LogP contribution is 2.16. The zero-order chi connectivity index (χ0) is 10.5. The van der Waals surface area contributed by atoms with Crippen LogP contribution < -0.4 is 0 Å². The summed E-state index contributed by atoms with van der Waals surface area (Å²) < 4.78 is 10.9. The molecule has 0 aromatic carbocycles. The normalized spacial score (nSPS) is 23.7. The average molecular weight is 228 g/mol. The Morgan fingerprint density at radius 2 is 2.20 bits per heavy atom. The summed E-state index contributed by atoms with van der Waals surface area (Å²) in [6.07, 6.45) is 4.35. The number of alkyl halides is 1. The van der Waals surface area contributed by atoms with Crippen molar-refractivity contribution in [3.8, 4) is 0 Å². The van der Waals surface area contributed by atoms with Crippen molar-refractivity contribution < 1.29 is 9.47 Å². The highest BCUT2D eigenvalue weighted by atomic mass is 35.5. The van der Waals surface area contributed by atoms with E-state index in [1.165, 1.54) is 5.56 Å². The first-order valence-electron chi connectivity index (χ1n) is 5.08. The SMILES string of the molecule is ClC(Cc1ccncc1)C1COCCO1. The van der Waals surface area contributed by atoms with Crippen molar-refractivity contribution >= 4 is 11.6 Å². The third kappa shape index (κ3) is 3.16. The second-order valence-electron chi connectivity index (χ2n) is 3.56. The molecule has 0 spiro atoms. The highest BCUT2D eigenvalue weighted by Gasteiger charge is 2.23. The molecule has 82 valence electrons. The van der Waals surface area contributed by atoms with Crippen molar-refractivity contribution in [2.24, 2.45) is 0 Å². The minimum atomic E-state index is -0.0345. The summed E-state index contributed by atoms with van der Waals surface area (Å²) in [6, 6.07) is 3.94. The monoisotopic (exact) mass is 227 g/mol. The number of halogens is 1. The topological polar surface area (TPSA) is 31.4 Å². The lowest BCUT2D eigenvalue weighted by Crippen LogP contribution is -2.36. The van der Waals surface area contributed by atoms with Crippen LogP contribution in [0.1, 0.15) is 5.56 Å². The van der Waals surface area contributed by atoms with Gasteiger partial charge in [-0.3, -0.25) is 4.98 Å². The van der Waals surface area contributed by atoms with Gasteiger partial charge in [-0.2, -0.15) is 0 Å². The van der Waals surface area contributed by atoms with Gasteiger partial charge in [0.05, 0.1) is 31.3 Å². The first kappa shape index (κ1) is 10.9. The molecular formula is C11H14ClNO2. The van der Waals surface area contributed by atoms with Crippen LogP contribution in [0.4, 0.5) is 0 Å². The van der Waals surface area contributed by atoms with Gasteiger partial charge >= 0.3 is 0 Å². The van der Waals surface area contributed by atoms with Crippen LogP contribution in [0.15, 0.2) is 24.5 Å². The molecular weight excluding hydrogens is 214 g/mol. The molecule has 0 aliphatic carbocycles. The molecule has 0 saturated carbocycles. The maximum absolute atomic E-state index is 6.27. The van der Waals surface area contributed by atoms with Gasteiger partial charge in [0.2, 0.25) is 0 Å². The molecule has 0 bridgehead atoms. The Bertz CT molecular complexity index is 288. The number of pyridine rings is 1. The molecule has 1 saturated heterocycles. The van der Waals surface area contributed by atoms with Crippen LogP contribution in [-0.4, -0.2) is 36.3 Å². The van der Waals surface area contributed by atoms with Gasteiger partial charge in [-0.05, 0) is 24.1 Å². The van der Waals surface area contributed by atoms with Crippen LogP contribution in [-0.2, 0) is 15.9 Å². The Morgan fingerprint density at radius 1 is 1.40 bits per heavy atom. The minimum Gasteiger partial charge on any atom is -0.376 e. The van der Waals surface area contributed by atoms with E-state index < -0.39 is 0 Å². The van der Waals surface area contributed by atoms with Crippen molar-refractivity contribution in [2.75, 3.05) is 19.8 Å². The largest absolute Gasteiger partial charge is 0.376 e. The van der Waals surface area contributed by atoms with Crippen LogP contribution in [0.5, 0.6) is 0 Å². The quantitative estimate of drug-likeness (QED) is 0.736. The van der Waals surface area contributed by atoms with Gasteiger partial charge in [0, 0.05) is 12.4 Å². The van der Waals surface area contributed by atoms with Crippen LogP contribution in [0, 0.1) is 0 Å². The number of nitrogens with zero attached hydrogens (tertiary/aromatic N) is 1.